The van der Waals surface area contributed by atoms with Crippen molar-refractivity contribution in [3.05, 3.63) is 5.82 Å². The summed E-state index contributed by atoms with van der Waals surface area (Å²) in [7, 11) is 0. The van der Waals surface area contributed by atoms with Gasteiger partial charge in [-0.05, 0) is 88.4 Å². The van der Waals surface area contributed by atoms with E-state index in [4.69, 9.17) is 4.98 Å². The van der Waals surface area contributed by atoms with Crippen molar-refractivity contribution >= 4 is 28.9 Å². The molecule has 0 radical (unpaired) electrons. The van der Waals surface area contributed by atoms with Gasteiger partial charge in [0.15, 0.2) is 11.5 Å². The molecule has 39 heavy (non-hydrogen) atoms. The van der Waals surface area contributed by atoms with Gasteiger partial charge in [-0.3, -0.25) is 0 Å². The number of hydrogen-bond donors (Lipinski definition) is 2. The maximum atomic E-state index is 12.1. The summed E-state index contributed by atoms with van der Waals surface area (Å²) in [5.41, 5.74) is 1.45. The summed E-state index contributed by atoms with van der Waals surface area (Å²) in [6, 6.07) is 0.754. The van der Waals surface area contributed by atoms with Gasteiger partial charge >= 0.3 is 5.97 Å². The molecule has 3 aliphatic carbocycles. The van der Waals surface area contributed by atoms with Gasteiger partial charge in [0, 0.05) is 25.2 Å². The molecule has 0 aromatic carbocycles. The van der Waals surface area contributed by atoms with Crippen molar-refractivity contribution in [1.29, 1.82) is 0 Å². The Balaban J connectivity index is 1.44. The van der Waals surface area contributed by atoms with Crippen LogP contribution in [0.5, 0.6) is 0 Å². The van der Waals surface area contributed by atoms with Crippen LogP contribution in [-0.4, -0.2) is 49.2 Å². The molecular formula is C31H48N6O2. The van der Waals surface area contributed by atoms with Crippen LogP contribution in [0, 0.1) is 23.7 Å². The van der Waals surface area contributed by atoms with E-state index in [2.05, 4.69) is 38.6 Å². The Morgan fingerprint density at radius 3 is 2.36 bits per heavy atom. The average Bonchev–Trinajstić information content (AvgIpc) is 3.27. The van der Waals surface area contributed by atoms with E-state index in [0.29, 0.717) is 29.3 Å². The number of aromatic carboxylic acids is 1. The highest BCUT2D eigenvalue weighted by atomic mass is 16.4. The second-order valence-corrected chi connectivity index (χ2v) is 13.3. The Kier molecular flexibility index (Phi) is 7.99. The van der Waals surface area contributed by atoms with Crippen LogP contribution in [0.15, 0.2) is 0 Å². The number of nitrogens with one attached hydrogen (secondary N) is 1. The minimum Gasteiger partial charge on any atom is -0.475 e. The predicted molar refractivity (Wildman–Crippen MR) is 155 cm³/mol. The van der Waals surface area contributed by atoms with Crippen LogP contribution in [0.3, 0.4) is 0 Å². The van der Waals surface area contributed by atoms with E-state index < -0.39 is 5.97 Å². The average molecular weight is 537 g/mol. The fourth-order valence-electron chi connectivity index (χ4n) is 7.87. The number of aromatic nitrogens is 4. The Hall–Kier alpha value is -2.38. The molecule has 1 unspecified atom stereocenters. The van der Waals surface area contributed by atoms with E-state index in [1.807, 2.05) is 0 Å². The molecule has 214 valence electrons. The zero-order chi connectivity index (χ0) is 26.9. The molecular weight excluding hydrogens is 488 g/mol. The number of rotatable bonds is 8. The molecule has 8 nitrogen and oxygen atoms in total. The molecule has 0 amide bonds. The number of anilines is 2. The lowest BCUT2D eigenvalue weighted by molar-refractivity contribution is 0.0684. The fraction of sp³-hybridized carbons (Fsp3) is 0.806. The molecule has 8 heteroatoms. The standard InChI is InChI=1S/C31H48N6O2/c1-20-14-16-22(17-15-20)19-37-26-27(32-21(2)23-11-8-12-23)33-29(30(38)39)34-28(26)35-31(37)36-18-7-6-13-25(36)24-9-4-3-5-10-24/h20-25H,3-19H2,1-2H3,(H,38,39)(H,32,33,34)/t20?,21-,22?,25?/m1/s1. The van der Waals surface area contributed by atoms with Crippen LogP contribution in [0.4, 0.5) is 11.8 Å². The Morgan fingerprint density at radius 1 is 0.923 bits per heavy atom. The monoisotopic (exact) mass is 536 g/mol. The summed E-state index contributed by atoms with van der Waals surface area (Å²) in [6.07, 6.45) is 19.1. The van der Waals surface area contributed by atoms with Gasteiger partial charge in [0.2, 0.25) is 11.8 Å². The number of carboxylic acid groups (broad SMARTS) is 1. The number of nitrogens with zero attached hydrogens (tertiary/aromatic N) is 5. The van der Waals surface area contributed by atoms with Crippen LogP contribution in [0.1, 0.15) is 121 Å². The summed E-state index contributed by atoms with van der Waals surface area (Å²) in [5, 5.41) is 13.6. The van der Waals surface area contributed by atoms with E-state index >= 15 is 0 Å². The molecule has 2 atom stereocenters. The van der Waals surface area contributed by atoms with Gasteiger partial charge in [0.1, 0.15) is 5.52 Å². The summed E-state index contributed by atoms with van der Waals surface area (Å²) in [6.45, 7) is 6.52. The van der Waals surface area contributed by atoms with E-state index in [-0.39, 0.29) is 11.9 Å². The summed E-state index contributed by atoms with van der Waals surface area (Å²) < 4.78 is 2.42. The molecule has 4 fully saturated rings. The van der Waals surface area contributed by atoms with Gasteiger partial charge in [-0.25, -0.2) is 14.8 Å². The van der Waals surface area contributed by atoms with Crippen LogP contribution in [0.2, 0.25) is 0 Å². The number of carboxylic acids is 1. The van der Waals surface area contributed by atoms with Crippen LogP contribution in [-0.2, 0) is 6.54 Å². The number of fused-ring (bicyclic) bond motifs is 1. The molecule has 2 aromatic rings. The number of imidazole rings is 1. The molecule has 3 saturated carbocycles. The van der Waals surface area contributed by atoms with Crippen molar-refractivity contribution in [2.24, 2.45) is 23.7 Å². The van der Waals surface area contributed by atoms with Crippen LogP contribution < -0.4 is 10.2 Å². The lowest BCUT2D eigenvalue weighted by Gasteiger charge is -2.43. The van der Waals surface area contributed by atoms with Crippen molar-refractivity contribution in [1.82, 2.24) is 19.5 Å². The minimum atomic E-state index is -1.09. The molecule has 2 aromatic heterocycles. The maximum absolute atomic E-state index is 12.1. The van der Waals surface area contributed by atoms with Crippen molar-refractivity contribution in [3.63, 3.8) is 0 Å². The molecule has 1 aliphatic heterocycles. The van der Waals surface area contributed by atoms with Gasteiger partial charge in [0.25, 0.3) is 0 Å². The van der Waals surface area contributed by atoms with Crippen molar-refractivity contribution in [2.75, 3.05) is 16.8 Å². The highest BCUT2D eigenvalue weighted by Crippen LogP contribution is 2.40. The lowest BCUT2D eigenvalue weighted by Crippen LogP contribution is -2.46. The third-order valence-corrected chi connectivity index (χ3v) is 10.6. The minimum absolute atomic E-state index is 0.157. The highest BCUT2D eigenvalue weighted by Gasteiger charge is 2.35. The van der Waals surface area contributed by atoms with E-state index in [0.717, 1.165) is 36.4 Å². The van der Waals surface area contributed by atoms with Gasteiger partial charge in [-0.15, -0.1) is 0 Å². The van der Waals surface area contributed by atoms with Crippen molar-refractivity contribution < 1.29 is 9.90 Å². The SMILES string of the molecule is CC1CCC(Cn2c(N3CCCCC3C3CCCCC3)nc3nc(C(=O)O)nc(N[C@H](C)C4CCC4)c32)CC1. The van der Waals surface area contributed by atoms with E-state index in [1.54, 1.807) is 0 Å². The lowest BCUT2D eigenvalue weighted by atomic mass is 9.80. The maximum Gasteiger partial charge on any atom is 0.374 e. The first-order valence-electron chi connectivity index (χ1n) is 16.0. The molecule has 0 spiro atoms. The van der Waals surface area contributed by atoms with Crippen LogP contribution in [0.25, 0.3) is 11.2 Å². The van der Waals surface area contributed by atoms with Crippen LogP contribution >= 0.6 is 0 Å². The smallest absolute Gasteiger partial charge is 0.374 e. The highest BCUT2D eigenvalue weighted by molar-refractivity contribution is 5.91. The first kappa shape index (κ1) is 26.8. The zero-order valence-corrected chi connectivity index (χ0v) is 24.1. The number of carbonyl (C=O) groups is 1. The van der Waals surface area contributed by atoms with Gasteiger partial charge in [-0.2, -0.15) is 4.98 Å². The summed E-state index contributed by atoms with van der Waals surface area (Å²) >= 11 is 0. The van der Waals surface area contributed by atoms with Gasteiger partial charge in [-0.1, -0.05) is 45.4 Å². The fourth-order valence-corrected chi connectivity index (χ4v) is 7.87. The quantitative estimate of drug-likeness (QED) is 0.379. The molecule has 1 saturated heterocycles. The summed E-state index contributed by atoms with van der Waals surface area (Å²) in [4.78, 5) is 29.0. The second-order valence-electron chi connectivity index (χ2n) is 13.3. The molecule has 4 aliphatic rings. The first-order valence-corrected chi connectivity index (χ1v) is 16.0. The zero-order valence-electron chi connectivity index (χ0n) is 24.1. The van der Waals surface area contributed by atoms with E-state index in [9.17, 15) is 9.90 Å². The second kappa shape index (κ2) is 11.6. The Morgan fingerprint density at radius 2 is 1.67 bits per heavy atom. The van der Waals surface area contributed by atoms with E-state index in [1.165, 1.54) is 96.3 Å². The van der Waals surface area contributed by atoms with Gasteiger partial charge in [0.05, 0.1) is 0 Å². The summed E-state index contributed by atoms with van der Waals surface area (Å²) in [5.74, 6) is 3.16. The predicted octanol–water partition coefficient (Wildman–Crippen LogP) is 6.89. The van der Waals surface area contributed by atoms with Crippen molar-refractivity contribution in [3.8, 4) is 0 Å². The molecule has 6 rings (SSSR count). The molecule has 2 N–H and O–H groups in total. The topological polar surface area (TPSA) is 96.2 Å². The van der Waals surface area contributed by atoms with Crippen molar-refractivity contribution in [2.45, 2.75) is 129 Å². The normalized spacial score (nSPS) is 27.8. The third-order valence-electron chi connectivity index (χ3n) is 10.6. The number of hydrogen-bond acceptors (Lipinski definition) is 6. The van der Waals surface area contributed by atoms with Gasteiger partial charge < -0.3 is 19.9 Å². The largest absolute Gasteiger partial charge is 0.475 e. The molecule has 3 heterocycles. The Bertz CT molecular complexity index is 1150. The first-order chi connectivity index (χ1) is 19.0. The number of piperidine rings is 1. The Labute approximate surface area is 233 Å². The third kappa shape index (κ3) is 5.62. The molecule has 0 bridgehead atoms.